The molecule has 0 aromatic heterocycles. The molecule has 0 bridgehead atoms. The summed E-state index contributed by atoms with van der Waals surface area (Å²) in [5, 5.41) is 2.13. The molecule has 2 aliphatic rings. The van der Waals surface area contributed by atoms with Crippen molar-refractivity contribution in [2.45, 2.75) is 44.9 Å². The zero-order valence-corrected chi connectivity index (χ0v) is 13.5. The highest BCUT2D eigenvalue weighted by Gasteiger charge is 2.41. The number of halogens is 3. The number of nitrogens with zero attached hydrogens (tertiary/aromatic N) is 1. The first-order valence-corrected chi connectivity index (χ1v) is 7.98. The largest absolute Gasteiger partial charge is 0.395 e. The number of hydrogen-bond donors (Lipinski definition) is 1. The lowest BCUT2D eigenvalue weighted by Gasteiger charge is -2.25. The molecule has 8 heteroatoms. The number of nitrogens with one attached hydrogen (secondary N) is 1. The molecule has 1 N–H and O–H groups in total. The number of carbonyl (C=O) groups excluding carboxylic acids is 3. The summed E-state index contributed by atoms with van der Waals surface area (Å²) in [6.07, 6.45) is -4.16. The van der Waals surface area contributed by atoms with Crippen LogP contribution < -0.4 is 5.32 Å². The molecule has 134 valence electrons. The van der Waals surface area contributed by atoms with Gasteiger partial charge in [-0.25, -0.2) is 0 Å². The van der Waals surface area contributed by atoms with Crippen molar-refractivity contribution in [3.05, 3.63) is 34.9 Å². The van der Waals surface area contributed by atoms with Gasteiger partial charge in [0.1, 0.15) is 5.92 Å². The third-order valence-corrected chi connectivity index (χ3v) is 4.83. The Morgan fingerprint density at radius 1 is 1.28 bits per heavy atom. The second kappa shape index (κ2) is 6.16. The molecule has 1 fully saturated rings. The quantitative estimate of drug-likeness (QED) is 0.654. The number of carbonyl (C=O) groups is 3. The van der Waals surface area contributed by atoms with E-state index < -0.39 is 35.7 Å². The van der Waals surface area contributed by atoms with Gasteiger partial charge in [0.05, 0.1) is 5.92 Å². The zero-order valence-electron chi connectivity index (χ0n) is 13.5. The standard InChI is InChI=1S/C17H17F3N2O3/c1-9(17(18,19)20)11-4-2-3-10-7-22(8-13(10)11)16(25)12-5-6-14(23)21-15(12)24/h2-4,9,12H,5-8H2,1H3,(H,21,23,24). The van der Waals surface area contributed by atoms with Crippen LogP contribution in [-0.4, -0.2) is 28.8 Å². The summed E-state index contributed by atoms with van der Waals surface area (Å²) in [6.45, 7) is 1.31. The number of imide groups is 1. The van der Waals surface area contributed by atoms with E-state index in [2.05, 4.69) is 5.32 Å². The summed E-state index contributed by atoms with van der Waals surface area (Å²) in [4.78, 5) is 37.0. The van der Waals surface area contributed by atoms with Gasteiger partial charge in [-0.05, 0) is 30.0 Å². The number of alkyl halides is 3. The molecule has 0 radical (unpaired) electrons. The molecule has 25 heavy (non-hydrogen) atoms. The minimum atomic E-state index is -4.36. The summed E-state index contributed by atoms with van der Waals surface area (Å²) >= 11 is 0. The van der Waals surface area contributed by atoms with Crippen molar-refractivity contribution >= 4 is 17.7 Å². The van der Waals surface area contributed by atoms with Gasteiger partial charge >= 0.3 is 6.18 Å². The van der Waals surface area contributed by atoms with Crippen molar-refractivity contribution in [3.63, 3.8) is 0 Å². The van der Waals surface area contributed by atoms with Crippen LogP contribution in [0.2, 0.25) is 0 Å². The lowest BCUT2D eigenvalue weighted by Crippen LogP contribution is -2.47. The molecule has 0 aliphatic carbocycles. The molecule has 2 aliphatic heterocycles. The van der Waals surface area contributed by atoms with Gasteiger partial charge in [-0.1, -0.05) is 18.2 Å². The van der Waals surface area contributed by atoms with Crippen LogP contribution in [0.25, 0.3) is 0 Å². The molecular formula is C17H17F3N2O3. The maximum atomic E-state index is 13.1. The highest BCUT2D eigenvalue weighted by Crippen LogP contribution is 2.39. The Balaban J connectivity index is 1.81. The van der Waals surface area contributed by atoms with E-state index in [0.29, 0.717) is 11.1 Å². The predicted molar refractivity (Wildman–Crippen MR) is 81.0 cm³/mol. The lowest BCUT2D eigenvalue weighted by molar-refractivity contribution is -0.147. The van der Waals surface area contributed by atoms with Crippen molar-refractivity contribution in [3.8, 4) is 0 Å². The predicted octanol–water partition coefficient (Wildman–Crippen LogP) is 2.25. The number of hydrogen-bond acceptors (Lipinski definition) is 3. The Bertz CT molecular complexity index is 745. The second-order valence-corrected chi connectivity index (χ2v) is 6.45. The van der Waals surface area contributed by atoms with Gasteiger partial charge in [0.25, 0.3) is 0 Å². The van der Waals surface area contributed by atoms with E-state index in [1.807, 2.05) is 0 Å². The van der Waals surface area contributed by atoms with Crippen molar-refractivity contribution in [2.75, 3.05) is 0 Å². The molecule has 5 nitrogen and oxygen atoms in total. The Morgan fingerprint density at radius 3 is 2.64 bits per heavy atom. The van der Waals surface area contributed by atoms with Crippen molar-refractivity contribution in [1.29, 1.82) is 0 Å². The first-order valence-electron chi connectivity index (χ1n) is 7.98. The molecule has 3 rings (SSSR count). The second-order valence-electron chi connectivity index (χ2n) is 6.45. The molecule has 0 spiro atoms. The first-order chi connectivity index (χ1) is 11.7. The summed E-state index contributed by atoms with van der Waals surface area (Å²) in [7, 11) is 0. The van der Waals surface area contributed by atoms with Crippen LogP contribution in [-0.2, 0) is 27.5 Å². The molecule has 1 aromatic carbocycles. The van der Waals surface area contributed by atoms with Crippen LogP contribution in [0, 0.1) is 5.92 Å². The highest BCUT2D eigenvalue weighted by atomic mass is 19.4. The lowest BCUT2D eigenvalue weighted by atomic mass is 9.93. The summed E-state index contributed by atoms with van der Waals surface area (Å²) in [5.41, 5.74) is 1.31. The van der Waals surface area contributed by atoms with Gasteiger partial charge in [0.15, 0.2) is 0 Å². The summed E-state index contributed by atoms with van der Waals surface area (Å²) in [6, 6.07) is 4.67. The third kappa shape index (κ3) is 3.25. The molecule has 2 heterocycles. The Morgan fingerprint density at radius 2 is 2.00 bits per heavy atom. The molecule has 1 aromatic rings. The molecular weight excluding hydrogens is 337 g/mol. The van der Waals surface area contributed by atoms with Crippen molar-refractivity contribution in [2.24, 2.45) is 5.92 Å². The van der Waals surface area contributed by atoms with E-state index >= 15 is 0 Å². The van der Waals surface area contributed by atoms with Crippen molar-refractivity contribution in [1.82, 2.24) is 10.2 Å². The molecule has 3 amide bonds. The van der Waals surface area contributed by atoms with Gasteiger partial charge in [-0.3, -0.25) is 19.7 Å². The van der Waals surface area contributed by atoms with Gasteiger partial charge in [-0.2, -0.15) is 13.2 Å². The van der Waals surface area contributed by atoms with Gasteiger partial charge in [0.2, 0.25) is 17.7 Å². The third-order valence-electron chi connectivity index (χ3n) is 4.83. The van der Waals surface area contributed by atoms with E-state index in [-0.39, 0.29) is 31.5 Å². The van der Waals surface area contributed by atoms with Crippen molar-refractivity contribution < 1.29 is 27.6 Å². The van der Waals surface area contributed by atoms with E-state index in [0.717, 1.165) is 6.92 Å². The van der Waals surface area contributed by atoms with E-state index in [1.54, 1.807) is 12.1 Å². The van der Waals surface area contributed by atoms with Crippen LogP contribution in [0.5, 0.6) is 0 Å². The van der Waals surface area contributed by atoms with Gasteiger partial charge in [0, 0.05) is 19.5 Å². The summed E-state index contributed by atoms with van der Waals surface area (Å²) < 4.78 is 39.2. The monoisotopic (exact) mass is 354 g/mol. The Hall–Kier alpha value is -2.38. The highest BCUT2D eigenvalue weighted by molar-refractivity contribution is 6.08. The van der Waals surface area contributed by atoms with E-state index in [1.165, 1.54) is 11.0 Å². The van der Waals surface area contributed by atoms with Gasteiger partial charge in [-0.15, -0.1) is 0 Å². The number of piperidine rings is 1. The normalized spacial score (nSPS) is 21.8. The zero-order chi connectivity index (χ0) is 18.4. The number of amides is 3. The van der Waals surface area contributed by atoms with Crippen LogP contribution in [0.1, 0.15) is 42.4 Å². The fourth-order valence-corrected chi connectivity index (χ4v) is 3.34. The van der Waals surface area contributed by atoms with Crippen LogP contribution in [0.4, 0.5) is 13.2 Å². The summed E-state index contributed by atoms with van der Waals surface area (Å²) in [5.74, 6) is -4.10. The first kappa shape index (κ1) is 17.4. The van der Waals surface area contributed by atoms with Gasteiger partial charge < -0.3 is 4.90 Å². The smallest absolute Gasteiger partial charge is 0.333 e. The van der Waals surface area contributed by atoms with Crippen LogP contribution in [0.15, 0.2) is 18.2 Å². The maximum Gasteiger partial charge on any atom is 0.395 e. The molecule has 2 unspecified atom stereocenters. The molecule has 1 saturated heterocycles. The average Bonchev–Trinajstić information content (AvgIpc) is 2.96. The van der Waals surface area contributed by atoms with Crippen LogP contribution >= 0.6 is 0 Å². The van der Waals surface area contributed by atoms with Crippen LogP contribution in [0.3, 0.4) is 0 Å². The number of benzene rings is 1. The fourth-order valence-electron chi connectivity index (χ4n) is 3.34. The maximum absolute atomic E-state index is 13.1. The molecule has 2 atom stereocenters. The molecule has 0 saturated carbocycles. The number of rotatable bonds is 2. The topological polar surface area (TPSA) is 66.5 Å². The minimum absolute atomic E-state index is 0.0441. The minimum Gasteiger partial charge on any atom is -0.333 e. The average molecular weight is 354 g/mol. The SMILES string of the molecule is CC(c1cccc2c1CN(C(=O)C1CCC(=O)NC1=O)C2)C(F)(F)F. The van der Waals surface area contributed by atoms with E-state index in [4.69, 9.17) is 0 Å². The Kier molecular flexibility index (Phi) is 4.30. The van der Waals surface area contributed by atoms with E-state index in [9.17, 15) is 27.6 Å². The Labute approximate surface area is 142 Å². The fraction of sp³-hybridized carbons (Fsp3) is 0.471. The number of fused-ring (bicyclic) bond motifs is 1.